The van der Waals surface area contributed by atoms with Crippen molar-refractivity contribution in [1.29, 1.82) is 0 Å². The van der Waals surface area contributed by atoms with Gasteiger partial charge in [0.1, 0.15) is 0 Å². The number of rotatable bonds is 58. The number of hydrogen-bond donors (Lipinski definition) is 0. The number of allylic oxidation sites excluding steroid dienone is 2. The molecule has 0 fully saturated rings. The fraction of sp³-hybridized carbons (Fsp3) is 0.760. The van der Waals surface area contributed by atoms with Gasteiger partial charge in [0.25, 0.3) is 0 Å². The first kappa shape index (κ1) is 73.8. The van der Waals surface area contributed by atoms with Crippen molar-refractivity contribution in [2.24, 2.45) is 9.98 Å². The largest absolute Gasteiger partial charge is 0.252 e. The molecular formula is C75H130N2Ni. The molecule has 0 bridgehead atoms. The Kier molecular flexibility index (Phi) is 56.2. The maximum atomic E-state index is 5.42. The summed E-state index contributed by atoms with van der Waals surface area (Å²) in [6, 6.07) is 18.0. The van der Waals surface area contributed by atoms with E-state index in [1.807, 2.05) is 0 Å². The van der Waals surface area contributed by atoms with Gasteiger partial charge in [-0.2, -0.15) is 0 Å². The van der Waals surface area contributed by atoms with Crippen molar-refractivity contribution in [3.05, 3.63) is 71.8 Å². The van der Waals surface area contributed by atoms with E-state index in [4.69, 9.17) is 9.98 Å². The van der Waals surface area contributed by atoms with Crippen LogP contribution in [0.15, 0.2) is 70.7 Å². The molecule has 2 nitrogen and oxygen atoms in total. The van der Waals surface area contributed by atoms with Crippen molar-refractivity contribution in [3.8, 4) is 0 Å². The first-order chi connectivity index (χ1) is 38.2. The predicted octanol–water partition coefficient (Wildman–Crippen LogP) is 27.3. The van der Waals surface area contributed by atoms with Gasteiger partial charge in [0.05, 0.1) is 22.8 Å². The second-order valence-corrected chi connectivity index (χ2v) is 24.1. The van der Waals surface area contributed by atoms with Crippen LogP contribution in [0.4, 0.5) is 11.4 Å². The Hall–Kier alpha value is -2.25. The summed E-state index contributed by atoms with van der Waals surface area (Å²) in [5.41, 5.74) is 7.06. The van der Waals surface area contributed by atoms with Gasteiger partial charge in [-0.05, 0) is 86.8 Å². The van der Waals surface area contributed by atoms with Crippen LogP contribution in [0.25, 0.3) is 12.2 Å². The molecule has 0 unspecified atom stereocenters. The van der Waals surface area contributed by atoms with Crippen molar-refractivity contribution in [2.75, 3.05) is 0 Å². The fourth-order valence-electron chi connectivity index (χ4n) is 11.2. The molecule has 0 radical (unpaired) electrons. The standard InChI is InChI=1S/C75H130N2.Ni/c1-5-9-13-16-19-22-25-28-31-34-37-40-43-46-49-52-55-58-70-62-66-72(67-63-70)76-74(60-12-8-4)75(61-57-54-51-48-45-42-39-36-33-30-27-24-21-18-15-11-7-3)77-73-68-64-71(65-69-73)59-56-53-50-47-44-41-38-35-32-29-26-23-20-17-14-10-6-2;/h55-56,58-59,62-69H,5-54,57,60-61H2,1-4H3;. The summed E-state index contributed by atoms with van der Waals surface area (Å²) >= 11 is 0. The van der Waals surface area contributed by atoms with E-state index in [-0.39, 0.29) is 16.5 Å². The molecule has 2 aromatic carbocycles. The minimum Gasteiger partial charge on any atom is -0.252 e. The Morgan fingerprint density at radius 3 is 0.705 bits per heavy atom. The van der Waals surface area contributed by atoms with E-state index in [1.54, 1.807) is 0 Å². The van der Waals surface area contributed by atoms with Crippen LogP contribution < -0.4 is 0 Å². The molecule has 0 N–H and O–H groups in total. The Morgan fingerprint density at radius 1 is 0.256 bits per heavy atom. The molecule has 0 aliphatic rings. The van der Waals surface area contributed by atoms with Crippen LogP contribution in [-0.4, -0.2) is 11.4 Å². The molecule has 450 valence electrons. The third kappa shape index (κ3) is 47.4. The van der Waals surface area contributed by atoms with Gasteiger partial charge in [-0.15, -0.1) is 0 Å². The Morgan fingerprint density at radius 2 is 0.462 bits per heavy atom. The van der Waals surface area contributed by atoms with Gasteiger partial charge in [0.2, 0.25) is 0 Å². The fourth-order valence-corrected chi connectivity index (χ4v) is 11.2. The molecule has 3 heteroatoms. The van der Waals surface area contributed by atoms with E-state index >= 15 is 0 Å². The van der Waals surface area contributed by atoms with Crippen LogP contribution in [0, 0.1) is 0 Å². The van der Waals surface area contributed by atoms with E-state index in [2.05, 4.69) is 101 Å². The second kappa shape index (κ2) is 59.4. The van der Waals surface area contributed by atoms with E-state index in [0.717, 1.165) is 37.1 Å². The predicted molar refractivity (Wildman–Crippen MR) is 353 cm³/mol. The Bertz CT molecular complexity index is 1630. The van der Waals surface area contributed by atoms with E-state index in [9.17, 15) is 0 Å². The van der Waals surface area contributed by atoms with Crippen molar-refractivity contribution in [1.82, 2.24) is 0 Å². The summed E-state index contributed by atoms with van der Waals surface area (Å²) < 4.78 is 0. The van der Waals surface area contributed by atoms with Gasteiger partial charge in [0, 0.05) is 16.5 Å². The third-order valence-electron chi connectivity index (χ3n) is 16.5. The molecule has 78 heavy (non-hydrogen) atoms. The smallest absolute Gasteiger partial charge is 0.0634 e. The zero-order valence-electron chi connectivity index (χ0n) is 52.6. The van der Waals surface area contributed by atoms with Crippen LogP contribution in [0.1, 0.15) is 379 Å². The van der Waals surface area contributed by atoms with Gasteiger partial charge in [-0.25, -0.2) is 0 Å². The van der Waals surface area contributed by atoms with Gasteiger partial charge < -0.3 is 0 Å². The van der Waals surface area contributed by atoms with Gasteiger partial charge in [0.15, 0.2) is 0 Å². The summed E-state index contributed by atoms with van der Waals surface area (Å²) in [6.07, 6.45) is 82.4. The Balaban J connectivity index is 0.0000304. The molecular weight excluding hydrogens is 988 g/mol. The van der Waals surface area contributed by atoms with Crippen molar-refractivity contribution in [2.45, 2.75) is 368 Å². The van der Waals surface area contributed by atoms with E-state index < -0.39 is 0 Å². The first-order valence-corrected chi connectivity index (χ1v) is 34.9. The van der Waals surface area contributed by atoms with Crippen molar-refractivity contribution in [3.63, 3.8) is 0 Å². The molecule has 0 amide bonds. The molecule has 0 heterocycles. The SMILES string of the molecule is CCCCCCCCCCCCCCCCCC=Cc1ccc(N=C(CCCC)C(CCCCCCCCCCCCCCCCCCC)=Nc2ccc(C=CCCCCCCCCCCCCCCCCC)cc2)cc1.[Ni]. The molecule has 0 atom stereocenters. The van der Waals surface area contributed by atoms with Crippen molar-refractivity contribution >= 4 is 35.0 Å². The molecule has 0 saturated carbocycles. The van der Waals surface area contributed by atoms with Crippen LogP contribution in [0.2, 0.25) is 0 Å². The normalized spacial score (nSPS) is 12.2. The number of unbranched alkanes of at least 4 members (excludes halogenated alkanes) is 47. The molecule has 2 rings (SSSR count). The summed E-state index contributed by atoms with van der Waals surface area (Å²) in [7, 11) is 0. The maximum Gasteiger partial charge on any atom is 0.0634 e. The number of benzene rings is 2. The van der Waals surface area contributed by atoms with Crippen molar-refractivity contribution < 1.29 is 16.5 Å². The van der Waals surface area contributed by atoms with Crippen LogP contribution in [0.3, 0.4) is 0 Å². The minimum absolute atomic E-state index is 0. The van der Waals surface area contributed by atoms with Gasteiger partial charge in [-0.1, -0.05) is 365 Å². The van der Waals surface area contributed by atoms with E-state index in [0.29, 0.717) is 0 Å². The first-order valence-electron chi connectivity index (χ1n) is 34.9. The summed E-state index contributed by atoms with van der Waals surface area (Å²) in [6.45, 7) is 9.23. The molecule has 0 spiro atoms. The number of nitrogens with zero attached hydrogens (tertiary/aromatic N) is 2. The van der Waals surface area contributed by atoms with Gasteiger partial charge >= 0.3 is 0 Å². The molecule has 2 aromatic rings. The minimum atomic E-state index is 0. The van der Waals surface area contributed by atoms with Gasteiger partial charge in [-0.3, -0.25) is 9.98 Å². The third-order valence-corrected chi connectivity index (χ3v) is 16.5. The second-order valence-electron chi connectivity index (χ2n) is 24.1. The van der Waals surface area contributed by atoms with Crippen LogP contribution in [0.5, 0.6) is 0 Å². The average molecular weight is 1120 g/mol. The monoisotopic (exact) mass is 1120 g/mol. The molecule has 0 saturated heterocycles. The van der Waals surface area contributed by atoms with Crippen LogP contribution in [-0.2, 0) is 16.5 Å². The topological polar surface area (TPSA) is 24.7 Å². The zero-order valence-corrected chi connectivity index (χ0v) is 53.6. The average Bonchev–Trinajstić information content (AvgIpc) is 3.45. The number of aliphatic imine (C=N–C) groups is 2. The Labute approximate surface area is 498 Å². The summed E-state index contributed by atoms with van der Waals surface area (Å²) in [4.78, 5) is 10.8. The molecule has 0 aromatic heterocycles. The zero-order chi connectivity index (χ0) is 54.8. The number of hydrogen-bond acceptors (Lipinski definition) is 2. The molecule has 0 aliphatic carbocycles. The summed E-state index contributed by atoms with van der Waals surface area (Å²) in [5.74, 6) is 0. The van der Waals surface area contributed by atoms with E-state index in [1.165, 1.54) is 337 Å². The quantitative estimate of drug-likeness (QED) is 0.0358. The summed E-state index contributed by atoms with van der Waals surface area (Å²) in [5, 5.41) is 0. The van der Waals surface area contributed by atoms with Crippen LogP contribution >= 0.6 is 0 Å². The maximum absolute atomic E-state index is 5.42. The molecule has 0 aliphatic heterocycles.